The first-order valence-electron chi connectivity index (χ1n) is 6.33. The first-order chi connectivity index (χ1) is 9.08. The van der Waals surface area contributed by atoms with Crippen molar-refractivity contribution in [2.24, 2.45) is 0 Å². The Morgan fingerprint density at radius 1 is 0.947 bits per heavy atom. The van der Waals surface area contributed by atoms with Crippen molar-refractivity contribution in [3.8, 4) is 11.1 Å². The van der Waals surface area contributed by atoms with Crippen LogP contribution in [0.4, 0.5) is 0 Å². The maximum absolute atomic E-state index is 11.2. The first-order valence-corrected chi connectivity index (χ1v) is 6.33. The Morgan fingerprint density at radius 3 is 2.05 bits per heavy atom. The molecule has 0 aliphatic heterocycles. The van der Waals surface area contributed by atoms with E-state index in [0.717, 1.165) is 5.56 Å². The summed E-state index contributed by atoms with van der Waals surface area (Å²) in [7, 11) is 1.41. The standard InChI is InChI=1S/C17H18O2/c1-12-8-13(2)10-16(9-12)15-6-4-14(5-7-15)11-17(18)19-3/h4-10H,11H2,1-3H3. The lowest BCUT2D eigenvalue weighted by atomic mass is 9.99. The van der Waals surface area contributed by atoms with Gasteiger partial charge in [-0.1, -0.05) is 53.6 Å². The second kappa shape index (κ2) is 5.70. The molecule has 0 aromatic heterocycles. The second-order valence-electron chi connectivity index (χ2n) is 4.83. The van der Waals surface area contributed by atoms with Gasteiger partial charge in [-0.2, -0.15) is 0 Å². The van der Waals surface area contributed by atoms with E-state index in [1.807, 2.05) is 24.3 Å². The van der Waals surface area contributed by atoms with E-state index in [9.17, 15) is 4.79 Å². The molecule has 0 bridgehead atoms. The van der Waals surface area contributed by atoms with Gasteiger partial charge in [-0.15, -0.1) is 0 Å². The minimum atomic E-state index is -0.209. The van der Waals surface area contributed by atoms with Crippen LogP contribution in [0.1, 0.15) is 16.7 Å². The molecule has 19 heavy (non-hydrogen) atoms. The molecule has 2 rings (SSSR count). The lowest BCUT2D eigenvalue weighted by Gasteiger charge is -2.06. The Labute approximate surface area is 114 Å². The third-order valence-electron chi connectivity index (χ3n) is 3.09. The number of ether oxygens (including phenoxy) is 1. The number of carbonyl (C=O) groups is 1. The highest BCUT2D eigenvalue weighted by molar-refractivity contribution is 5.73. The van der Waals surface area contributed by atoms with Gasteiger partial charge in [0.15, 0.2) is 0 Å². The molecule has 0 heterocycles. The molecule has 0 saturated carbocycles. The van der Waals surface area contributed by atoms with Crippen molar-refractivity contribution in [2.75, 3.05) is 7.11 Å². The predicted molar refractivity (Wildman–Crippen MR) is 77.1 cm³/mol. The summed E-state index contributed by atoms with van der Waals surface area (Å²) in [5.41, 5.74) is 5.87. The average Bonchev–Trinajstić information content (AvgIpc) is 2.38. The molecular formula is C17H18O2. The van der Waals surface area contributed by atoms with E-state index in [1.165, 1.54) is 29.4 Å². The van der Waals surface area contributed by atoms with E-state index in [1.54, 1.807) is 0 Å². The normalized spacial score (nSPS) is 10.3. The molecule has 0 saturated heterocycles. The quantitative estimate of drug-likeness (QED) is 0.781. The number of hydrogen-bond donors (Lipinski definition) is 0. The van der Waals surface area contributed by atoms with Crippen LogP contribution < -0.4 is 0 Å². The molecule has 0 atom stereocenters. The van der Waals surface area contributed by atoms with Gasteiger partial charge in [-0.25, -0.2) is 0 Å². The molecule has 0 N–H and O–H groups in total. The van der Waals surface area contributed by atoms with Crippen molar-refractivity contribution >= 4 is 5.97 Å². The Balaban J connectivity index is 2.24. The highest BCUT2D eigenvalue weighted by Crippen LogP contribution is 2.22. The Morgan fingerprint density at radius 2 is 1.53 bits per heavy atom. The summed E-state index contributed by atoms with van der Waals surface area (Å²) in [6.07, 6.45) is 0.323. The lowest BCUT2D eigenvalue weighted by molar-refractivity contribution is -0.139. The van der Waals surface area contributed by atoms with Crippen molar-refractivity contribution in [2.45, 2.75) is 20.3 Å². The van der Waals surface area contributed by atoms with Crippen LogP contribution in [-0.4, -0.2) is 13.1 Å². The molecule has 0 unspecified atom stereocenters. The highest BCUT2D eigenvalue weighted by Gasteiger charge is 2.04. The van der Waals surface area contributed by atoms with E-state index >= 15 is 0 Å². The van der Waals surface area contributed by atoms with Crippen LogP contribution in [0, 0.1) is 13.8 Å². The number of aryl methyl sites for hydroxylation is 2. The van der Waals surface area contributed by atoms with Crippen LogP contribution >= 0.6 is 0 Å². The zero-order valence-electron chi connectivity index (χ0n) is 11.6. The third-order valence-corrected chi connectivity index (χ3v) is 3.09. The fourth-order valence-corrected chi connectivity index (χ4v) is 2.20. The number of esters is 1. The van der Waals surface area contributed by atoms with Crippen LogP contribution in [0.15, 0.2) is 42.5 Å². The zero-order valence-corrected chi connectivity index (χ0v) is 11.6. The molecule has 0 radical (unpaired) electrons. The fraction of sp³-hybridized carbons (Fsp3) is 0.235. The van der Waals surface area contributed by atoms with Gasteiger partial charge >= 0.3 is 5.97 Å². The van der Waals surface area contributed by atoms with E-state index < -0.39 is 0 Å². The summed E-state index contributed by atoms with van der Waals surface area (Å²) < 4.78 is 4.66. The van der Waals surface area contributed by atoms with E-state index in [0.29, 0.717) is 6.42 Å². The molecule has 2 aromatic rings. The number of methoxy groups -OCH3 is 1. The molecular weight excluding hydrogens is 236 g/mol. The van der Waals surface area contributed by atoms with Crippen LogP contribution in [0.25, 0.3) is 11.1 Å². The van der Waals surface area contributed by atoms with Gasteiger partial charge in [0.25, 0.3) is 0 Å². The van der Waals surface area contributed by atoms with Crippen molar-refractivity contribution < 1.29 is 9.53 Å². The monoisotopic (exact) mass is 254 g/mol. The Hall–Kier alpha value is -2.09. The van der Waals surface area contributed by atoms with Crippen molar-refractivity contribution in [1.29, 1.82) is 0 Å². The molecule has 0 aliphatic carbocycles. The summed E-state index contributed by atoms with van der Waals surface area (Å²) in [6.45, 7) is 4.20. The van der Waals surface area contributed by atoms with Gasteiger partial charge in [0, 0.05) is 0 Å². The smallest absolute Gasteiger partial charge is 0.309 e. The second-order valence-corrected chi connectivity index (χ2v) is 4.83. The summed E-state index contributed by atoms with van der Waals surface area (Å²) >= 11 is 0. The third kappa shape index (κ3) is 3.44. The average molecular weight is 254 g/mol. The number of rotatable bonds is 3. The minimum absolute atomic E-state index is 0.209. The van der Waals surface area contributed by atoms with E-state index in [4.69, 9.17) is 0 Å². The van der Waals surface area contributed by atoms with E-state index in [-0.39, 0.29) is 5.97 Å². The van der Waals surface area contributed by atoms with Crippen molar-refractivity contribution in [1.82, 2.24) is 0 Å². The molecule has 0 fully saturated rings. The maximum atomic E-state index is 11.2. The van der Waals surface area contributed by atoms with Crippen LogP contribution in [0.2, 0.25) is 0 Å². The first kappa shape index (κ1) is 13.3. The van der Waals surface area contributed by atoms with Gasteiger partial charge in [0.1, 0.15) is 0 Å². The molecule has 98 valence electrons. The van der Waals surface area contributed by atoms with Gasteiger partial charge in [-0.05, 0) is 30.5 Å². The Kier molecular flexibility index (Phi) is 4.00. The largest absolute Gasteiger partial charge is 0.469 e. The van der Waals surface area contributed by atoms with Gasteiger partial charge in [0.05, 0.1) is 13.5 Å². The molecule has 2 nitrogen and oxygen atoms in total. The van der Waals surface area contributed by atoms with Gasteiger partial charge < -0.3 is 4.74 Å². The number of hydrogen-bond acceptors (Lipinski definition) is 2. The molecule has 0 spiro atoms. The zero-order chi connectivity index (χ0) is 13.8. The lowest BCUT2D eigenvalue weighted by Crippen LogP contribution is -2.04. The number of carbonyl (C=O) groups excluding carboxylic acids is 1. The van der Waals surface area contributed by atoms with Gasteiger partial charge in [0.2, 0.25) is 0 Å². The maximum Gasteiger partial charge on any atom is 0.309 e. The summed E-state index contributed by atoms with van der Waals surface area (Å²) in [4.78, 5) is 11.2. The van der Waals surface area contributed by atoms with Crippen molar-refractivity contribution in [3.05, 3.63) is 59.2 Å². The molecule has 0 amide bonds. The summed E-state index contributed by atoms with van der Waals surface area (Å²) in [5, 5.41) is 0. The predicted octanol–water partition coefficient (Wildman–Crippen LogP) is 3.69. The Bertz CT molecular complexity index is 562. The summed E-state index contributed by atoms with van der Waals surface area (Å²) in [6, 6.07) is 14.5. The number of benzene rings is 2. The van der Waals surface area contributed by atoms with Crippen LogP contribution in [0.3, 0.4) is 0 Å². The molecule has 2 aromatic carbocycles. The van der Waals surface area contributed by atoms with Crippen LogP contribution in [-0.2, 0) is 16.0 Å². The van der Waals surface area contributed by atoms with E-state index in [2.05, 4.69) is 36.8 Å². The molecule has 2 heteroatoms. The van der Waals surface area contributed by atoms with Crippen LogP contribution in [0.5, 0.6) is 0 Å². The highest BCUT2D eigenvalue weighted by atomic mass is 16.5. The van der Waals surface area contributed by atoms with Gasteiger partial charge in [-0.3, -0.25) is 4.79 Å². The van der Waals surface area contributed by atoms with Crippen molar-refractivity contribution in [3.63, 3.8) is 0 Å². The fourth-order valence-electron chi connectivity index (χ4n) is 2.20. The SMILES string of the molecule is COC(=O)Cc1ccc(-c2cc(C)cc(C)c2)cc1. The summed E-state index contributed by atoms with van der Waals surface area (Å²) in [5.74, 6) is -0.209. The minimum Gasteiger partial charge on any atom is -0.469 e. The topological polar surface area (TPSA) is 26.3 Å². The molecule has 0 aliphatic rings.